The van der Waals surface area contributed by atoms with Crippen LogP contribution in [0.3, 0.4) is 0 Å². The molecule has 4 nitrogen and oxygen atoms in total. The molecule has 1 atom stereocenters. The average Bonchev–Trinajstić information content (AvgIpc) is 2.48. The second kappa shape index (κ2) is 8.95. The Hall–Kier alpha value is -2.10. The highest BCUT2D eigenvalue weighted by Gasteiger charge is 2.20. The third-order valence-corrected chi connectivity index (χ3v) is 2.89. The summed E-state index contributed by atoms with van der Waals surface area (Å²) in [6.07, 6.45) is 2.06. The summed E-state index contributed by atoms with van der Waals surface area (Å²) >= 11 is 0. The Balaban J connectivity index is 2.90. The van der Waals surface area contributed by atoms with Gasteiger partial charge in [-0.2, -0.15) is 0 Å². The number of benzene rings is 1. The minimum Gasteiger partial charge on any atom is -0.466 e. The molecule has 0 aliphatic heterocycles. The van der Waals surface area contributed by atoms with Crippen molar-refractivity contribution in [2.45, 2.75) is 27.2 Å². The number of hydrogen-bond acceptors (Lipinski definition) is 4. The van der Waals surface area contributed by atoms with Crippen molar-refractivity contribution in [3.63, 3.8) is 0 Å². The van der Waals surface area contributed by atoms with E-state index in [0.717, 1.165) is 5.56 Å². The van der Waals surface area contributed by atoms with Crippen molar-refractivity contribution >= 4 is 18.0 Å². The van der Waals surface area contributed by atoms with Crippen LogP contribution in [-0.2, 0) is 19.1 Å². The molecule has 0 heterocycles. The Morgan fingerprint density at radius 3 is 2.29 bits per heavy atom. The standard InChI is InChI=1S/C17H22O4/c1-4-20-16(18)13(3)11-15(17(19)21-5-2)12-14-9-7-6-8-10-14/h6-10,12-13H,4-5,11H2,1-3H3/b15-12+. The van der Waals surface area contributed by atoms with Gasteiger partial charge in [-0.15, -0.1) is 0 Å². The van der Waals surface area contributed by atoms with Gasteiger partial charge in [-0.25, -0.2) is 4.79 Å². The highest BCUT2D eigenvalue weighted by atomic mass is 16.5. The van der Waals surface area contributed by atoms with Crippen LogP contribution in [0.1, 0.15) is 32.8 Å². The first-order chi connectivity index (χ1) is 10.1. The van der Waals surface area contributed by atoms with Crippen molar-refractivity contribution in [1.82, 2.24) is 0 Å². The van der Waals surface area contributed by atoms with Crippen LogP contribution in [-0.4, -0.2) is 25.2 Å². The molecule has 0 aliphatic carbocycles. The summed E-state index contributed by atoms with van der Waals surface area (Å²) in [7, 11) is 0. The van der Waals surface area contributed by atoms with Crippen molar-refractivity contribution in [3.8, 4) is 0 Å². The van der Waals surface area contributed by atoms with Gasteiger partial charge in [0.05, 0.1) is 19.1 Å². The molecular formula is C17H22O4. The van der Waals surface area contributed by atoms with E-state index < -0.39 is 5.97 Å². The molecule has 114 valence electrons. The lowest BCUT2D eigenvalue weighted by Gasteiger charge is -2.12. The van der Waals surface area contributed by atoms with Gasteiger partial charge in [0.25, 0.3) is 0 Å². The molecule has 21 heavy (non-hydrogen) atoms. The number of hydrogen-bond donors (Lipinski definition) is 0. The Kier molecular flexibility index (Phi) is 7.23. The van der Waals surface area contributed by atoms with E-state index in [4.69, 9.17) is 9.47 Å². The van der Waals surface area contributed by atoms with Gasteiger partial charge in [0, 0.05) is 5.57 Å². The maximum atomic E-state index is 12.0. The lowest BCUT2D eigenvalue weighted by atomic mass is 9.99. The fourth-order valence-corrected chi connectivity index (χ4v) is 1.87. The van der Waals surface area contributed by atoms with Gasteiger partial charge in [0.2, 0.25) is 0 Å². The summed E-state index contributed by atoms with van der Waals surface area (Å²) in [5, 5.41) is 0. The van der Waals surface area contributed by atoms with Crippen LogP contribution in [0.25, 0.3) is 6.08 Å². The molecule has 1 unspecified atom stereocenters. The highest BCUT2D eigenvalue weighted by molar-refractivity contribution is 5.94. The van der Waals surface area contributed by atoms with E-state index in [2.05, 4.69) is 0 Å². The molecule has 0 N–H and O–H groups in total. The molecule has 0 amide bonds. The van der Waals surface area contributed by atoms with E-state index in [1.54, 1.807) is 26.8 Å². The number of carbonyl (C=O) groups is 2. The van der Waals surface area contributed by atoms with E-state index in [0.29, 0.717) is 25.2 Å². The molecule has 0 saturated heterocycles. The minimum atomic E-state index is -0.391. The highest BCUT2D eigenvalue weighted by Crippen LogP contribution is 2.18. The molecule has 4 heteroatoms. The maximum absolute atomic E-state index is 12.0. The predicted octanol–water partition coefficient (Wildman–Crippen LogP) is 3.22. The number of ether oxygens (including phenoxy) is 2. The Bertz CT molecular complexity index is 491. The molecule has 0 radical (unpaired) electrons. The first kappa shape index (κ1) is 17.0. The number of esters is 2. The van der Waals surface area contributed by atoms with Crippen molar-refractivity contribution in [2.75, 3.05) is 13.2 Å². The fraction of sp³-hybridized carbons (Fsp3) is 0.412. The summed E-state index contributed by atoms with van der Waals surface area (Å²) in [5.74, 6) is -1.08. The van der Waals surface area contributed by atoms with E-state index in [1.807, 2.05) is 30.3 Å². The lowest BCUT2D eigenvalue weighted by molar-refractivity contribution is -0.147. The van der Waals surface area contributed by atoms with Crippen LogP contribution >= 0.6 is 0 Å². The van der Waals surface area contributed by atoms with Gasteiger partial charge in [0.15, 0.2) is 0 Å². The van der Waals surface area contributed by atoms with E-state index in [-0.39, 0.29) is 11.9 Å². The zero-order valence-corrected chi connectivity index (χ0v) is 12.8. The summed E-state index contributed by atoms with van der Waals surface area (Å²) in [4.78, 5) is 23.7. The molecule has 0 saturated carbocycles. The molecule has 1 rings (SSSR count). The fourth-order valence-electron chi connectivity index (χ4n) is 1.87. The molecule has 0 aromatic heterocycles. The Labute approximate surface area is 125 Å². The molecular weight excluding hydrogens is 268 g/mol. The molecule has 0 aliphatic rings. The largest absolute Gasteiger partial charge is 0.466 e. The maximum Gasteiger partial charge on any atom is 0.334 e. The molecule has 0 bridgehead atoms. The smallest absolute Gasteiger partial charge is 0.334 e. The number of rotatable bonds is 7. The SMILES string of the molecule is CCOC(=O)/C(=C/c1ccccc1)CC(C)C(=O)OCC. The van der Waals surface area contributed by atoms with Crippen molar-refractivity contribution < 1.29 is 19.1 Å². The summed E-state index contributed by atoms with van der Waals surface area (Å²) in [6.45, 7) is 5.90. The van der Waals surface area contributed by atoms with Gasteiger partial charge in [-0.05, 0) is 31.9 Å². The topological polar surface area (TPSA) is 52.6 Å². The monoisotopic (exact) mass is 290 g/mol. The van der Waals surface area contributed by atoms with Crippen molar-refractivity contribution in [1.29, 1.82) is 0 Å². The Morgan fingerprint density at radius 2 is 1.71 bits per heavy atom. The minimum absolute atomic E-state index is 0.298. The van der Waals surface area contributed by atoms with Crippen LogP contribution in [0.15, 0.2) is 35.9 Å². The van der Waals surface area contributed by atoms with Crippen LogP contribution in [0, 0.1) is 5.92 Å². The lowest BCUT2D eigenvalue weighted by Crippen LogP contribution is -2.18. The third kappa shape index (κ3) is 5.81. The van der Waals surface area contributed by atoms with Crippen LogP contribution < -0.4 is 0 Å². The molecule has 1 aromatic rings. The molecule has 0 fully saturated rings. The summed E-state index contributed by atoms with van der Waals surface area (Å²) < 4.78 is 10.0. The summed E-state index contributed by atoms with van der Waals surface area (Å²) in [6, 6.07) is 9.48. The van der Waals surface area contributed by atoms with Gasteiger partial charge < -0.3 is 9.47 Å². The van der Waals surface area contributed by atoms with E-state index in [9.17, 15) is 9.59 Å². The predicted molar refractivity (Wildman–Crippen MR) is 81.5 cm³/mol. The zero-order valence-electron chi connectivity index (χ0n) is 12.8. The zero-order chi connectivity index (χ0) is 15.7. The van der Waals surface area contributed by atoms with Crippen LogP contribution in [0.2, 0.25) is 0 Å². The van der Waals surface area contributed by atoms with Gasteiger partial charge in [-0.3, -0.25) is 4.79 Å². The van der Waals surface area contributed by atoms with Gasteiger partial charge in [0.1, 0.15) is 0 Å². The van der Waals surface area contributed by atoms with E-state index in [1.165, 1.54) is 0 Å². The second-order valence-electron chi connectivity index (χ2n) is 4.66. The molecule has 0 spiro atoms. The third-order valence-electron chi connectivity index (χ3n) is 2.89. The second-order valence-corrected chi connectivity index (χ2v) is 4.66. The summed E-state index contributed by atoms with van der Waals surface area (Å²) in [5.41, 5.74) is 1.38. The van der Waals surface area contributed by atoms with Gasteiger partial charge in [-0.1, -0.05) is 37.3 Å². The quantitative estimate of drug-likeness (QED) is 0.571. The average molecular weight is 290 g/mol. The normalized spacial score (nSPS) is 12.6. The van der Waals surface area contributed by atoms with Crippen LogP contribution in [0.5, 0.6) is 0 Å². The number of carbonyl (C=O) groups excluding carboxylic acids is 2. The molecule has 1 aromatic carbocycles. The van der Waals surface area contributed by atoms with E-state index >= 15 is 0 Å². The van der Waals surface area contributed by atoms with Crippen molar-refractivity contribution in [2.24, 2.45) is 5.92 Å². The van der Waals surface area contributed by atoms with Crippen molar-refractivity contribution in [3.05, 3.63) is 41.5 Å². The van der Waals surface area contributed by atoms with Gasteiger partial charge >= 0.3 is 11.9 Å². The first-order valence-corrected chi connectivity index (χ1v) is 7.17. The van der Waals surface area contributed by atoms with Crippen LogP contribution in [0.4, 0.5) is 0 Å². The Morgan fingerprint density at radius 1 is 1.10 bits per heavy atom. The first-order valence-electron chi connectivity index (χ1n) is 7.17.